The number of hydrogen-bond acceptors (Lipinski definition) is 3. The van der Waals surface area contributed by atoms with Crippen LogP contribution in [-0.4, -0.2) is 21.8 Å². The van der Waals surface area contributed by atoms with E-state index in [4.69, 9.17) is 0 Å². The van der Waals surface area contributed by atoms with Crippen molar-refractivity contribution in [2.75, 3.05) is 10.6 Å². The molecule has 0 fully saturated rings. The Hall–Kier alpha value is -3.93. The summed E-state index contributed by atoms with van der Waals surface area (Å²) in [6, 6.07) is 21.2. The van der Waals surface area contributed by atoms with Crippen LogP contribution in [0.15, 0.2) is 66.7 Å². The number of amides is 2. The van der Waals surface area contributed by atoms with Gasteiger partial charge in [0.1, 0.15) is 5.82 Å². The second-order valence-electron chi connectivity index (χ2n) is 7.80. The van der Waals surface area contributed by atoms with E-state index in [0.717, 1.165) is 53.1 Å². The standard InChI is InChI=1S/C26H26N4O2/c1-3-18-4-10-22(11-5-18)28-26(32)20-9-14-23-24(16-20)30-25(29-23)15-8-19-6-12-21(13-7-19)27-17(2)31/h4-7,9-14,16H,3,8,15H2,1-2H3,(H,27,31)(H,28,32)(H,29,30). The lowest BCUT2D eigenvalue weighted by Crippen LogP contribution is -2.11. The molecule has 4 rings (SSSR count). The summed E-state index contributed by atoms with van der Waals surface area (Å²) in [5.41, 5.74) is 6.23. The lowest BCUT2D eigenvalue weighted by molar-refractivity contribution is -0.114. The van der Waals surface area contributed by atoms with E-state index < -0.39 is 0 Å². The number of nitrogens with zero attached hydrogens (tertiary/aromatic N) is 1. The number of carbonyl (C=O) groups is 2. The Morgan fingerprint density at radius 1 is 0.844 bits per heavy atom. The van der Waals surface area contributed by atoms with Crippen molar-refractivity contribution in [1.82, 2.24) is 9.97 Å². The monoisotopic (exact) mass is 426 g/mol. The topological polar surface area (TPSA) is 86.9 Å². The van der Waals surface area contributed by atoms with Crippen molar-refractivity contribution in [2.24, 2.45) is 0 Å². The molecular weight excluding hydrogens is 400 g/mol. The van der Waals surface area contributed by atoms with Crippen LogP contribution in [0.3, 0.4) is 0 Å². The fourth-order valence-electron chi connectivity index (χ4n) is 3.57. The van der Waals surface area contributed by atoms with Gasteiger partial charge in [0.2, 0.25) is 5.91 Å². The first-order valence-electron chi connectivity index (χ1n) is 10.8. The number of carbonyl (C=O) groups excluding carboxylic acids is 2. The van der Waals surface area contributed by atoms with Gasteiger partial charge in [-0.3, -0.25) is 9.59 Å². The highest BCUT2D eigenvalue weighted by Gasteiger charge is 2.10. The number of rotatable bonds is 7. The lowest BCUT2D eigenvalue weighted by Gasteiger charge is -2.06. The summed E-state index contributed by atoms with van der Waals surface area (Å²) in [5.74, 6) is 0.646. The molecular formula is C26H26N4O2. The molecule has 0 spiro atoms. The molecule has 0 saturated carbocycles. The molecule has 32 heavy (non-hydrogen) atoms. The minimum absolute atomic E-state index is 0.0810. The highest BCUT2D eigenvalue weighted by atomic mass is 16.2. The molecule has 1 aromatic heterocycles. The molecule has 6 nitrogen and oxygen atoms in total. The number of imidazole rings is 1. The number of nitrogens with one attached hydrogen (secondary N) is 3. The molecule has 0 atom stereocenters. The second-order valence-corrected chi connectivity index (χ2v) is 7.80. The van der Waals surface area contributed by atoms with Crippen LogP contribution in [0.25, 0.3) is 11.0 Å². The van der Waals surface area contributed by atoms with Crippen LogP contribution in [-0.2, 0) is 24.1 Å². The van der Waals surface area contributed by atoms with Gasteiger partial charge in [-0.25, -0.2) is 4.98 Å². The van der Waals surface area contributed by atoms with Crippen LogP contribution in [0.5, 0.6) is 0 Å². The molecule has 0 bridgehead atoms. The average Bonchev–Trinajstić information content (AvgIpc) is 3.21. The summed E-state index contributed by atoms with van der Waals surface area (Å²) in [6.07, 6.45) is 2.54. The third kappa shape index (κ3) is 5.21. The number of aryl methyl sites for hydroxylation is 3. The molecule has 1 heterocycles. The maximum absolute atomic E-state index is 12.7. The summed E-state index contributed by atoms with van der Waals surface area (Å²) in [4.78, 5) is 31.8. The number of H-pyrrole nitrogens is 1. The van der Waals surface area contributed by atoms with Gasteiger partial charge in [0.25, 0.3) is 5.91 Å². The fourth-order valence-corrected chi connectivity index (χ4v) is 3.57. The van der Waals surface area contributed by atoms with Crippen molar-refractivity contribution in [2.45, 2.75) is 33.1 Å². The maximum atomic E-state index is 12.7. The molecule has 162 valence electrons. The molecule has 0 unspecified atom stereocenters. The number of anilines is 2. The smallest absolute Gasteiger partial charge is 0.255 e. The SMILES string of the molecule is CCc1ccc(NC(=O)c2ccc3nc(CCc4ccc(NC(C)=O)cc4)[nH]c3c2)cc1. The molecule has 3 aromatic carbocycles. The Bertz CT molecular complexity index is 1240. The predicted octanol–water partition coefficient (Wildman–Crippen LogP) is 5.12. The molecule has 0 saturated heterocycles. The maximum Gasteiger partial charge on any atom is 0.255 e. The second kappa shape index (κ2) is 9.47. The van der Waals surface area contributed by atoms with Crippen LogP contribution >= 0.6 is 0 Å². The van der Waals surface area contributed by atoms with Crippen LogP contribution in [0.4, 0.5) is 11.4 Å². The van der Waals surface area contributed by atoms with E-state index in [1.165, 1.54) is 12.5 Å². The van der Waals surface area contributed by atoms with E-state index in [2.05, 4.69) is 27.5 Å². The number of benzene rings is 3. The Labute approximate surface area is 187 Å². The van der Waals surface area contributed by atoms with Crippen molar-refractivity contribution in [3.8, 4) is 0 Å². The molecule has 0 aliphatic heterocycles. The Morgan fingerprint density at radius 2 is 1.50 bits per heavy atom. The van der Waals surface area contributed by atoms with Gasteiger partial charge in [0.05, 0.1) is 11.0 Å². The summed E-state index contributed by atoms with van der Waals surface area (Å²) in [7, 11) is 0. The minimum atomic E-state index is -0.147. The van der Waals surface area contributed by atoms with Crippen molar-refractivity contribution in [3.05, 3.63) is 89.2 Å². The van der Waals surface area contributed by atoms with Crippen molar-refractivity contribution in [3.63, 3.8) is 0 Å². The highest BCUT2D eigenvalue weighted by molar-refractivity contribution is 6.05. The van der Waals surface area contributed by atoms with Gasteiger partial charge in [0.15, 0.2) is 0 Å². The quantitative estimate of drug-likeness (QED) is 0.383. The summed E-state index contributed by atoms with van der Waals surface area (Å²) < 4.78 is 0. The van der Waals surface area contributed by atoms with E-state index in [1.54, 1.807) is 6.07 Å². The minimum Gasteiger partial charge on any atom is -0.342 e. The van der Waals surface area contributed by atoms with E-state index in [1.807, 2.05) is 60.7 Å². The largest absolute Gasteiger partial charge is 0.342 e. The van der Waals surface area contributed by atoms with Crippen molar-refractivity contribution in [1.29, 1.82) is 0 Å². The first-order chi connectivity index (χ1) is 15.5. The normalized spacial score (nSPS) is 10.8. The van der Waals surface area contributed by atoms with Gasteiger partial charge >= 0.3 is 0 Å². The zero-order chi connectivity index (χ0) is 22.5. The van der Waals surface area contributed by atoms with Crippen LogP contribution in [0, 0.1) is 0 Å². The van der Waals surface area contributed by atoms with E-state index >= 15 is 0 Å². The molecule has 3 N–H and O–H groups in total. The van der Waals surface area contributed by atoms with Crippen molar-refractivity contribution >= 4 is 34.2 Å². The zero-order valence-electron chi connectivity index (χ0n) is 18.2. The van der Waals surface area contributed by atoms with Gasteiger partial charge in [0, 0.05) is 30.3 Å². The van der Waals surface area contributed by atoms with Gasteiger partial charge in [-0.2, -0.15) is 0 Å². The average molecular weight is 427 g/mol. The van der Waals surface area contributed by atoms with Gasteiger partial charge < -0.3 is 15.6 Å². The van der Waals surface area contributed by atoms with Crippen LogP contribution in [0.1, 0.15) is 41.2 Å². The number of aromatic nitrogens is 2. The summed E-state index contributed by atoms with van der Waals surface area (Å²) in [5, 5.41) is 5.71. The molecule has 6 heteroatoms. The first kappa shape index (κ1) is 21.3. The lowest BCUT2D eigenvalue weighted by atomic mass is 10.1. The Morgan fingerprint density at radius 3 is 2.16 bits per heavy atom. The van der Waals surface area contributed by atoms with Gasteiger partial charge in [-0.15, -0.1) is 0 Å². The highest BCUT2D eigenvalue weighted by Crippen LogP contribution is 2.18. The molecule has 0 aliphatic rings. The Kier molecular flexibility index (Phi) is 6.31. The molecule has 0 radical (unpaired) electrons. The van der Waals surface area contributed by atoms with E-state index in [9.17, 15) is 9.59 Å². The number of aromatic amines is 1. The van der Waals surface area contributed by atoms with Crippen LogP contribution in [0.2, 0.25) is 0 Å². The molecule has 4 aromatic rings. The predicted molar refractivity (Wildman–Crippen MR) is 128 cm³/mol. The number of hydrogen-bond donors (Lipinski definition) is 3. The number of fused-ring (bicyclic) bond motifs is 1. The Balaban J connectivity index is 1.40. The van der Waals surface area contributed by atoms with Gasteiger partial charge in [-0.1, -0.05) is 31.2 Å². The molecule has 2 amide bonds. The summed E-state index contributed by atoms with van der Waals surface area (Å²) in [6.45, 7) is 3.60. The summed E-state index contributed by atoms with van der Waals surface area (Å²) >= 11 is 0. The fraction of sp³-hybridized carbons (Fsp3) is 0.192. The zero-order valence-corrected chi connectivity index (χ0v) is 18.2. The van der Waals surface area contributed by atoms with Gasteiger partial charge in [-0.05, 0) is 66.4 Å². The third-order valence-corrected chi connectivity index (χ3v) is 5.34. The van der Waals surface area contributed by atoms with Crippen molar-refractivity contribution < 1.29 is 9.59 Å². The third-order valence-electron chi connectivity index (χ3n) is 5.34. The van der Waals surface area contributed by atoms with Crippen LogP contribution < -0.4 is 10.6 Å². The van der Waals surface area contributed by atoms with E-state index in [-0.39, 0.29) is 11.8 Å². The van der Waals surface area contributed by atoms with E-state index in [0.29, 0.717) is 5.56 Å². The first-order valence-corrected chi connectivity index (χ1v) is 10.8. The molecule has 0 aliphatic carbocycles.